The van der Waals surface area contributed by atoms with E-state index in [9.17, 15) is 4.79 Å². The quantitative estimate of drug-likeness (QED) is 0.339. The van der Waals surface area contributed by atoms with Crippen molar-refractivity contribution in [3.05, 3.63) is 107 Å². The summed E-state index contributed by atoms with van der Waals surface area (Å²) in [7, 11) is 4.01. The van der Waals surface area contributed by atoms with Crippen molar-refractivity contribution in [2.24, 2.45) is 5.10 Å². The Kier molecular flexibility index (Phi) is 5.82. The molecule has 6 heteroatoms. The fraction of sp³-hybridized carbons (Fsp3) is 0.107. The van der Waals surface area contributed by atoms with E-state index in [1.165, 1.54) is 21.9 Å². The largest absolute Gasteiger partial charge is 0.378 e. The standard InChI is InChI=1S/C28H24N4OS/c1-19-9-13-21(14-10-19)25-18-34-28(29-25)32-27(33)24(26(30-32)22-7-5-4-6-8-22)17-20-11-15-23(16-12-20)31(2)3/h4-18H,1-3H3/b24-17-. The zero-order valence-electron chi connectivity index (χ0n) is 19.3. The van der Waals surface area contributed by atoms with Crippen LogP contribution in [0.1, 0.15) is 16.7 Å². The highest BCUT2D eigenvalue weighted by atomic mass is 32.1. The lowest BCUT2D eigenvalue weighted by Crippen LogP contribution is -2.21. The molecule has 2 heterocycles. The Labute approximate surface area is 203 Å². The van der Waals surface area contributed by atoms with Gasteiger partial charge in [0, 0.05) is 36.3 Å². The van der Waals surface area contributed by atoms with Crippen LogP contribution in [0.4, 0.5) is 10.8 Å². The molecular weight excluding hydrogens is 440 g/mol. The fourth-order valence-corrected chi connectivity index (χ4v) is 4.52. The summed E-state index contributed by atoms with van der Waals surface area (Å²) in [6.07, 6.45) is 1.90. The normalized spacial score (nSPS) is 14.6. The average molecular weight is 465 g/mol. The molecule has 168 valence electrons. The van der Waals surface area contributed by atoms with Gasteiger partial charge in [0.25, 0.3) is 5.91 Å². The van der Waals surface area contributed by atoms with E-state index in [2.05, 4.69) is 19.1 Å². The second-order valence-electron chi connectivity index (χ2n) is 8.36. The molecule has 0 radical (unpaired) electrons. The van der Waals surface area contributed by atoms with Gasteiger partial charge in [-0.05, 0) is 30.7 Å². The van der Waals surface area contributed by atoms with Crippen LogP contribution in [0.15, 0.2) is 94.9 Å². The number of anilines is 2. The highest BCUT2D eigenvalue weighted by Gasteiger charge is 2.33. The Balaban J connectivity index is 1.53. The molecule has 0 aliphatic carbocycles. The highest BCUT2D eigenvalue weighted by molar-refractivity contribution is 7.14. The van der Waals surface area contributed by atoms with Gasteiger partial charge in [0.2, 0.25) is 5.13 Å². The van der Waals surface area contributed by atoms with Gasteiger partial charge in [0.05, 0.1) is 11.3 Å². The summed E-state index contributed by atoms with van der Waals surface area (Å²) >= 11 is 1.41. The molecule has 0 atom stereocenters. The van der Waals surface area contributed by atoms with E-state index in [1.54, 1.807) is 0 Å². The maximum Gasteiger partial charge on any atom is 0.283 e. The van der Waals surface area contributed by atoms with Crippen LogP contribution >= 0.6 is 11.3 Å². The van der Waals surface area contributed by atoms with E-state index in [4.69, 9.17) is 10.1 Å². The molecule has 0 fully saturated rings. The first-order chi connectivity index (χ1) is 16.5. The lowest BCUT2D eigenvalue weighted by Gasteiger charge is -2.12. The Morgan fingerprint density at radius 1 is 0.882 bits per heavy atom. The summed E-state index contributed by atoms with van der Waals surface area (Å²) in [4.78, 5) is 20.3. The number of hydrazone groups is 1. The Hall–Kier alpha value is -4.03. The summed E-state index contributed by atoms with van der Waals surface area (Å²) in [5.41, 5.74) is 7.18. The minimum atomic E-state index is -0.180. The molecule has 0 unspecified atom stereocenters. The second-order valence-corrected chi connectivity index (χ2v) is 9.19. The number of carbonyl (C=O) groups excluding carboxylic acids is 1. The smallest absolute Gasteiger partial charge is 0.283 e. The van der Waals surface area contributed by atoms with Crippen LogP contribution in [0.3, 0.4) is 0 Å². The molecule has 4 aromatic rings. The van der Waals surface area contributed by atoms with Gasteiger partial charge in [-0.3, -0.25) is 4.79 Å². The maximum absolute atomic E-state index is 13.6. The van der Waals surface area contributed by atoms with Crippen LogP contribution in [0.25, 0.3) is 17.3 Å². The molecule has 34 heavy (non-hydrogen) atoms. The lowest BCUT2D eigenvalue weighted by molar-refractivity contribution is -0.114. The summed E-state index contributed by atoms with van der Waals surface area (Å²) in [6.45, 7) is 2.06. The number of hydrogen-bond acceptors (Lipinski definition) is 5. The minimum absolute atomic E-state index is 0.180. The third-order valence-electron chi connectivity index (χ3n) is 5.67. The third-order valence-corrected chi connectivity index (χ3v) is 6.48. The Morgan fingerprint density at radius 2 is 1.59 bits per heavy atom. The first-order valence-corrected chi connectivity index (χ1v) is 11.9. The number of carbonyl (C=O) groups is 1. The second kappa shape index (κ2) is 9.08. The van der Waals surface area contributed by atoms with Crippen molar-refractivity contribution in [1.82, 2.24) is 4.98 Å². The van der Waals surface area contributed by atoms with Gasteiger partial charge in [-0.1, -0.05) is 72.3 Å². The van der Waals surface area contributed by atoms with Gasteiger partial charge in [-0.25, -0.2) is 4.98 Å². The molecule has 0 spiro atoms. The molecule has 1 amide bonds. The lowest BCUT2D eigenvalue weighted by atomic mass is 10.0. The molecule has 5 nitrogen and oxygen atoms in total. The van der Waals surface area contributed by atoms with Crippen LogP contribution in [0.2, 0.25) is 0 Å². The summed E-state index contributed by atoms with van der Waals surface area (Å²) in [5.74, 6) is -0.180. The van der Waals surface area contributed by atoms with E-state index < -0.39 is 0 Å². The van der Waals surface area contributed by atoms with Crippen molar-refractivity contribution in [2.45, 2.75) is 6.92 Å². The molecule has 0 saturated carbocycles. The number of amides is 1. The predicted octanol–water partition coefficient (Wildman–Crippen LogP) is 6.02. The summed E-state index contributed by atoms with van der Waals surface area (Å²) in [6, 6.07) is 26.1. The molecule has 1 aliphatic rings. The van der Waals surface area contributed by atoms with Gasteiger partial charge in [0.15, 0.2) is 0 Å². The fourth-order valence-electron chi connectivity index (χ4n) is 3.74. The van der Waals surface area contributed by atoms with Crippen LogP contribution in [-0.4, -0.2) is 30.7 Å². The number of thiazole rings is 1. The van der Waals surface area contributed by atoms with E-state index in [-0.39, 0.29) is 5.91 Å². The highest BCUT2D eigenvalue weighted by Crippen LogP contribution is 2.33. The van der Waals surface area contributed by atoms with Crippen LogP contribution < -0.4 is 9.91 Å². The van der Waals surface area contributed by atoms with Crippen LogP contribution in [0.5, 0.6) is 0 Å². The zero-order valence-corrected chi connectivity index (χ0v) is 20.1. The monoisotopic (exact) mass is 464 g/mol. The molecule has 1 aromatic heterocycles. The molecular formula is C28H24N4OS. The minimum Gasteiger partial charge on any atom is -0.378 e. The van der Waals surface area contributed by atoms with E-state index in [0.717, 1.165) is 28.1 Å². The van der Waals surface area contributed by atoms with Crippen LogP contribution in [0, 0.1) is 6.92 Å². The van der Waals surface area contributed by atoms with Crippen molar-refractivity contribution in [2.75, 3.05) is 24.0 Å². The maximum atomic E-state index is 13.6. The third kappa shape index (κ3) is 4.28. The first kappa shape index (κ1) is 21.8. The molecule has 3 aromatic carbocycles. The SMILES string of the molecule is Cc1ccc(-c2csc(N3N=C(c4ccccc4)/C(=C/c4ccc(N(C)C)cc4)C3=O)n2)cc1. The van der Waals surface area contributed by atoms with Gasteiger partial charge >= 0.3 is 0 Å². The molecule has 1 aliphatic heterocycles. The summed E-state index contributed by atoms with van der Waals surface area (Å²) < 4.78 is 0. The number of aryl methyl sites for hydroxylation is 1. The molecule has 0 saturated heterocycles. The van der Waals surface area contributed by atoms with E-state index in [1.807, 2.05) is 97.2 Å². The first-order valence-electron chi connectivity index (χ1n) is 11.0. The van der Waals surface area contributed by atoms with E-state index in [0.29, 0.717) is 16.4 Å². The predicted molar refractivity (Wildman–Crippen MR) is 141 cm³/mol. The number of benzene rings is 3. The molecule has 0 N–H and O–H groups in total. The van der Waals surface area contributed by atoms with Gasteiger partial charge in [-0.2, -0.15) is 10.1 Å². The Bertz CT molecular complexity index is 1380. The number of nitrogens with zero attached hydrogens (tertiary/aromatic N) is 4. The van der Waals surface area contributed by atoms with Crippen molar-refractivity contribution in [1.29, 1.82) is 0 Å². The van der Waals surface area contributed by atoms with Gasteiger partial charge in [-0.15, -0.1) is 11.3 Å². The molecule has 0 bridgehead atoms. The van der Waals surface area contributed by atoms with Gasteiger partial charge in [0.1, 0.15) is 5.71 Å². The van der Waals surface area contributed by atoms with Crippen molar-refractivity contribution in [3.8, 4) is 11.3 Å². The number of rotatable bonds is 5. The van der Waals surface area contributed by atoms with Crippen molar-refractivity contribution < 1.29 is 4.79 Å². The van der Waals surface area contributed by atoms with Crippen molar-refractivity contribution in [3.63, 3.8) is 0 Å². The van der Waals surface area contributed by atoms with Gasteiger partial charge < -0.3 is 4.90 Å². The van der Waals surface area contributed by atoms with Crippen LogP contribution in [-0.2, 0) is 4.79 Å². The number of hydrogen-bond donors (Lipinski definition) is 0. The Morgan fingerprint density at radius 3 is 2.26 bits per heavy atom. The summed E-state index contributed by atoms with van der Waals surface area (Å²) in [5, 5.41) is 8.67. The molecule has 5 rings (SSSR count). The van der Waals surface area contributed by atoms with E-state index >= 15 is 0 Å². The number of aromatic nitrogens is 1. The zero-order chi connectivity index (χ0) is 23.7. The average Bonchev–Trinajstić information content (AvgIpc) is 3.46. The topological polar surface area (TPSA) is 48.8 Å². The van der Waals surface area contributed by atoms with Crippen molar-refractivity contribution >= 4 is 39.9 Å².